The quantitative estimate of drug-likeness (QED) is 0.634. The molecule has 0 bridgehead atoms. The Morgan fingerprint density at radius 3 is 2.71 bits per heavy atom. The summed E-state index contributed by atoms with van der Waals surface area (Å²) in [5.74, 6) is 0. The summed E-state index contributed by atoms with van der Waals surface area (Å²) in [5.41, 5.74) is 2.07. The highest BCUT2D eigenvalue weighted by atomic mass is 16.6. The van der Waals surface area contributed by atoms with Gasteiger partial charge in [0.2, 0.25) is 0 Å². The van der Waals surface area contributed by atoms with Gasteiger partial charge in [0.05, 0.1) is 4.92 Å². The number of hydrogen-bond donors (Lipinski definition) is 0. The molecule has 0 aromatic heterocycles. The molecule has 114 valence electrons. The zero-order chi connectivity index (χ0) is 15.0. The van der Waals surface area contributed by atoms with Gasteiger partial charge in [0.15, 0.2) is 0 Å². The van der Waals surface area contributed by atoms with E-state index in [0.717, 1.165) is 24.3 Å². The van der Waals surface area contributed by atoms with Gasteiger partial charge in [-0.3, -0.25) is 15.0 Å². The minimum absolute atomic E-state index is 0.211. The SMILES string of the molecule is Cc1cc(N2CCC(N3CCC[C@H]3C)C2)ccc1[N+](=O)[O-]. The van der Waals surface area contributed by atoms with Gasteiger partial charge in [-0.25, -0.2) is 0 Å². The molecule has 2 saturated heterocycles. The number of hydrogen-bond acceptors (Lipinski definition) is 4. The lowest BCUT2D eigenvalue weighted by molar-refractivity contribution is -0.385. The molecule has 5 heteroatoms. The second kappa shape index (κ2) is 5.64. The van der Waals surface area contributed by atoms with E-state index < -0.39 is 0 Å². The average Bonchev–Trinajstić information content (AvgIpc) is 3.06. The predicted molar refractivity (Wildman–Crippen MR) is 83.9 cm³/mol. The molecule has 21 heavy (non-hydrogen) atoms. The number of nitro benzene ring substituents is 1. The van der Waals surface area contributed by atoms with Crippen LogP contribution in [0.1, 0.15) is 31.7 Å². The maximum absolute atomic E-state index is 10.9. The third-order valence-electron chi connectivity index (χ3n) is 4.98. The number of rotatable bonds is 3. The van der Waals surface area contributed by atoms with Crippen molar-refractivity contribution >= 4 is 11.4 Å². The summed E-state index contributed by atoms with van der Waals surface area (Å²) in [6.45, 7) is 7.45. The topological polar surface area (TPSA) is 49.6 Å². The van der Waals surface area contributed by atoms with Gasteiger partial charge >= 0.3 is 0 Å². The van der Waals surface area contributed by atoms with Crippen molar-refractivity contribution in [2.24, 2.45) is 0 Å². The van der Waals surface area contributed by atoms with E-state index in [4.69, 9.17) is 0 Å². The Balaban J connectivity index is 1.71. The van der Waals surface area contributed by atoms with Crippen LogP contribution in [-0.4, -0.2) is 41.5 Å². The van der Waals surface area contributed by atoms with Crippen LogP contribution in [0.15, 0.2) is 18.2 Å². The Morgan fingerprint density at radius 1 is 1.29 bits per heavy atom. The first-order chi connectivity index (χ1) is 10.1. The van der Waals surface area contributed by atoms with Crippen LogP contribution in [0, 0.1) is 17.0 Å². The van der Waals surface area contributed by atoms with E-state index in [-0.39, 0.29) is 10.6 Å². The molecule has 0 radical (unpaired) electrons. The normalized spacial score (nSPS) is 26.5. The number of anilines is 1. The summed E-state index contributed by atoms with van der Waals surface area (Å²) in [6, 6.07) is 6.82. The molecule has 1 aromatic rings. The first kappa shape index (κ1) is 14.3. The van der Waals surface area contributed by atoms with E-state index in [1.165, 1.54) is 25.8 Å². The van der Waals surface area contributed by atoms with Crippen molar-refractivity contribution in [3.8, 4) is 0 Å². The van der Waals surface area contributed by atoms with E-state index in [9.17, 15) is 10.1 Å². The number of benzene rings is 1. The number of likely N-dealkylation sites (tertiary alicyclic amines) is 1. The van der Waals surface area contributed by atoms with Gasteiger partial charge in [-0.1, -0.05) is 0 Å². The number of nitrogens with zero attached hydrogens (tertiary/aromatic N) is 3. The van der Waals surface area contributed by atoms with E-state index in [2.05, 4.69) is 16.7 Å². The van der Waals surface area contributed by atoms with Gasteiger partial charge in [0, 0.05) is 42.5 Å². The highest BCUT2D eigenvalue weighted by Gasteiger charge is 2.33. The Bertz CT molecular complexity index is 546. The molecule has 2 fully saturated rings. The standard InChI is InChI=1S/C16H23N3O2/c1-12-10-14(5-6-16(12)19(20)21)17-9-7-15(11-17)18-8-3-4-13(18)2/h5-6,10,13,15H,3-4,7-9,11H2,1-2H3/t13-,15?/m1/s1. The number of nitro groups is 1. The second-order valence-corrected chi connectivity index (χ2v) is 6.35. The minimum atomic E-state index is -0.308. The number of aryl methyl sites for hydroxylation is 1. The van der Waals surface area contributed by atoms with Gasteiger partial charge in [0.1, 0.15) is 0 Å². The maximum atomic E-state index is 10.9. The molecule has 2 atom stereocenters. The molecule has 0 amide bonds. The zero-order valence-corrected chi connectivity index (χ0v) is 12.8. The van der Waals surface area contributed by atoms with Crippen LogP contribution in [-0.2, 0) is 0 Å². The van der Waals surface area contributed by atoms with Gasteiger partial charge in [-0.05, 0) is 51.8 Å². The monoisotopic (exact) mass is 289 g/mol. The van der Waals surface area contributed by atoms with Crippen molar-refractivity contribution in [3.63, 3.8) is 0 Å². The van der Waals surface area contributed by atoms with Crippen LogP contribution in [0.25, 0.3) is 0 Å². The van der Waals surface area contributed by atoms with Gasteiger partial charge in [-0.15, -0.1) is 0 Å². The minimum Gasteiger partial charge on any atom is -0.370 e. The highest BCUT2D eigenvalue weighted by Crippen LogP contribution is 2.30. The second-order valence-electron chi connectivity index (χ2n) is 6.35. The summed E-state index contributed by atoms with van der Waals surface area (Å²) in [6.07, 6.45) is 3.82. The van der Waals surface area contributed by atoms with Gasteiger partial charge < -0.3 is 4.90 Å². The van der Waals surface area contributed by atoms with Crippen molar-refractivity contribution in [1.29, 1.82) is 0 Å². The fourth-order valence-electron chi connectivity index (χ4n) is 3.79. The third-order valence-corrected chi connectivity index (χ3v) is 4.98. The summed E-state index contributed by atoms with van der Waals surface area (Å²) in [4.78, 5) is 15.6. The summed E-state index contributed by atoms with van der Waals surface area (Å²) in [7, 11) is 0. The largest absolute Gasteiger partial charge is 0.370 e. The highest BCUT2D eigenvalue weighted by molar-refractivity contribution is 5.56. The molecule has 5 nitrogen and oxygen atoms in total. The Hall–Kier alpha value is -1.62. The van der Waals surface area contributed by atoms with Gasteiger partial charge in [-0.2, -0.15) is 0 Å². The first-order valence-electron chi connectivity index (χ1n) is 7.82. The zero-order valence-electron chi connectivity index (χ0n) is 12.8. The lowest BCUT2D eigenvalue weighted by Gasteiger charge is -2.28. The van der Waals surface area contributed by atoms with Crippen molar-refractivity contribution in [2.75, 3.05) is 24.5 Å². The average molecular weight is 289 g/mol. The fourth-order valence-corrected chi connectivity index (χ4v) is 3.79. The molecular weight excluding hydrogens is 266 g/mol. The molecule has 0 aliphatic carbocycles. The van der Waals surface area contributed by atoms with E-state index >= 15 is 0 Å². The lowest BCUT2D eigenvalue weighted by atomic mass is 10.1. The molecule has 1 aromatic carbocycles. The Kier molecular flexibility index (Phi) is 3.85. The van der Waals surface area contributed by atoms with Crippen molar-refractivity contribution in [2.45, 2.75) is 45.2 Å². The molecular formula is C16H23N3O2. The Morgan fingerprint density at radius 2 is 2.10 bits per heavy atom. The van der Waals surface area contributed by atoms with Crippen LogP contribution in [0.3, 0.4) is 0 Å². The predicted octanol–water partition coefficient (Wildman–Crippen LogP) is 2.97. The van der Waals surface area contributed by atoms with Crippen LogP contribution in [0.2, 0.25) is 0 Å². The van der Waals surface area contributed by atoms with Crippen molar-refractivity contribution in [3.05, 3.63) is 33.9 Å². The molecule has 3 rings (SSSR count). The van der Waals surface area contributed by atoms with Crippen molar-refractivity contribution < 1.29 is 4.92 Å². The fraction of sp³-hybridized carbons (Fsp3) is 0.625. The van der Waals surface area contributed by atoms with Crippen LogP contribution in [0.4, 0.5) is 11.4 Å². The lowest BCUT2D eigenvalue weighted by Crippen LogP contribution is -2.39. The smallest absolute Gasteiger partial charge is 0.272 e. The summed E-state index contributed by atoms with van der Waals surface area (Å²) in [5, 5.41) is 10.9. The Labute approximate surface area is 125 Å². The molecule has 2 aliphatic rings. The van der Waals surface area contributed by atoms with Crippen molar-refractivity contribution in [1.82, 2.24) is 4.90 Å². The van der Waals surface area contributed by atoms with E-state index in [1.54, 1.807) is 6.07 Å². The van der Waals surface area contributed by atoms with Crippen LogP contribution in [0.5, 0.6) is 0 Å². The molecule has 0 saturated carbocycles. The van der Waals surface area contributed by atoms with Gasteiger partial charge in [0.25, 0.3) is 5.69 Å². The van der Waals surface area contributed by atoms with Crippen LogP contribution < -0.4 is 4.90 Å². The molecule has 1 unspecified atom stereocenters. The maximum Gasteiger partial charge on any atom is 0.272 e. The summed E-state index contributed by atoms with van der Waals surface area (Å²) < 4.78 is 0. The molecule has 2 heterocycles. The van der Waals surface area contributed by atoms with Crippen LogP contribution >= 0.6 is 0 Å². The molecule has 2 aliphatic heterocycles. The summed E-state index contributed by atoms with van der Waals surface area (Å²) >= 11 is 0. The van der Waals surface area contributed by atoms with E-state index in [0.29, 0.717) is 12.1 Å². The first-order valence-corrected chi connectivity index (χ1v) is 7.82. The van der Waals surface area contributed by atoms with E-state index in [1.807, 2.05) is 19.1 Å². The third kappa shape index (κ3) is 2.75. The molecule has 0 N–H and O–H groups in total. The molecule has 0 spiro atoms.